The fraction of sp³-hybridized carbons (Fsp3) is 0.500. The van der Waals surface area contributed by atoms with E-state index in [-0.39, 0.29) is 12.0 Å². The minimum atomic E-state index is -0.781. The summed E-state index contributed by atoms with van der Waals surface area (Å²) in [6, 6.07) is 5.17. The van der Waals surface area contributed by atoms with Gasteiger partial charge in [-0.05, 0) is 37.1 Å². The second kappa shape index (κ2) is 6.02. The molecule has 0 bridgehead atoms. The molecule has 1 aromatic rings. The molecule has 0 aliphatic carbocycles. The van der Waals surface area contributed by atoms with E-state index in [9.17, 15) is 9.18 Å². The molecule has 1 N–H and O–H groups in total. The molecule has 2 rings (SSSR count). The largest absolute Gasteiger partial charge is 0.492 e. The van der Waals surface area contributed by atoms with Crippen LogP contribution in [0.2, 0.25) is 0 Å². The number of hydrogen-bond acceptors (Lipinski definition) is 4. The van der Waals surface area contributed by atoms with Crippen LogP contribution in [-0.4, -0.2) is 38.4 Å². The maximum atomic E-state index is 13.0. The Kier molecular flexibility index (Phi) is 4.37. The monoisotopic (exact) mass is 267 g/mol. The number of alkyl halides is 1. The Morgan fingerprint density at radius 3 is 2.89 bits per heavy atom. The van der Waals surface area contributed by atoms with E-state index in [0.29, 0.717) is 30.9 Å². The molecule has 1 aliphatic heterocycles. The van der Waals surface area contributed by atoms with Gasteiger partial charge in [-0.25, -0.2) is 9.18 Å². The third-order valence-electron chi connectivity index (χ3n) is 3.20. The van der Waals surface area contributed by atoms with Crippen LogP contribution in [0.5, 0.6) is 5.75 Å². The van der Waals surface area contributed by atoms with Crippen LogP contribution in [0.3, 0.4) is 0 Å². The van der Waals surface area contributed by atoms with Gasteiger partial charge in [0.25, 0.3) is 0 Å². The normalized spacial score (nSPS) is 22.3. The predicted octanol–water partition coefficient (Wildman–Crippen LogP) is 1.86. The highest BCUT2D eigenvalue weighted by Crippen LogP contribution is 2.21. The number of esters is 1. The van der Waals surface area contributed by atoms with Crippen molar-refractivity contribution in [1.82, 2.24) is 5.32 Å². The molecule has 4 nitrogen and oxygen atoms in total. The molecule has 1 fully saturated rings. The SMILES string of the molecule is COC(=O)c1ccc(OC[C@@H]2C[C@H](F)CN2)c(C)c1. The summed E-state index contributed by atoms with van der Waals surface area (Å²) >= 11 is 0. The zero-order valence-corrected chi connectivity index (χ0v) is 11.1. The lowest BCUT2D eigenvalue weighted by Gasteiger charge is -2.14. The van der Waals surface area contributed by atoms with E-state index in [1.165, 1.54) is 7.11 Å². The lowest BCUT2D eigenvalue weighted by molar-refractivity contribution is 0.0600. The van der Waals surface area contributed by atoms with Crippen molar-refractivity contribution < 1.29 is 18.7 Å². The number of methoxy groups -OCH3 is 1. The summed E-state index contributed by atoms with van der Waals surface area (Å²) in [7, 11) is 1.35. The number of halogens is 1. The molecule has 5 heteroatoms. The van der Waals surface area contributed by atoms with E-state index in [4.69, 9.17) is 4.74 Å². The summed E-state index contributed by atoms with van der Waals surface area (Å²) in [5, 5.41) is 3.06. The number of rotatable bonds is 4. The highest BCUT2D eigenvalue weighted by atomic mass is 19.1. The van der Waals surface area contributed by atoms with Crippen molar-refractivity contribution in [2.24, 2.45) is 0 Å². The number of ether oxygens (including phenoxy) is 2. The molecule has 0 radical (unpaired) electrons. The number of benzene rings is 1. The molecule has 104 valence electrons. The van der Waals surface area contributed by atoms with Crippen LogP contribution < -0.4 is 10.1 Å². The Morgan fingerprint density at radius 2 is 2.32 bits per heavy atom. The number of carbonyl (C=O) groups is 1. The van der Waals surface area contributed by atoms with Gasteiger partial charge in [0, 0.05) is 12.6 Å². The van der Waals surface area contributed by atoms with Gasteiger partial charge >= 0.3 is 5.97 Å². The zero-order valence-electron chi connectivity index (χ0n) is 11.1. The summed E-state index contributed by atoms with van der Waals surface area (Å²) in [5.74, 6) is 0.337. The molecule has 0 amide bonds. The third-order valence-corrected chi connectivity index (χ3v) is 3.20. The van der Waals surface area contributed by atoms with Crippen molar-refractivity contribution in [3.05, 3.63) is 29.3 Å². The minimum absolute atomic E-state index is 0.0506. The zero-order chi connectivity index (χ0) is 13.8. The molecule has 2 atom stereocenters. The minimum Gasteiger partial charge on any atom is -0.492 e. The van der Waals surface area contributed by atoms with Gasteiger partial charge in [-0.15, -0.1) is 0 Å². The standard InChI is InChI=1S/C14H18FNO3/c1-9-5-10(14(17)18-2)3-4-13(9)19-8-12-6-11(15)7-16-12/h3-5,11-12,16H,6-8H2,1-2H3/t11-,12-/m0/s1. The van der Waals surface area contributed by atoms with Gasteiger partial charge in [0.2, 0.25) is 0 Å². The van der Waals surface area contributed by atoms with Gasteiger partial charge in [0.05, 0.1) is 12.7 Å². The Bertz CT molecular complexity index is 464. The molecule has 0 spiro atoms. The van der Waals surface area contributed by atoms with Crippen molar-refractivity contribution in [2.45, 2.75) is 25.6 Å². The Balaban J connectivity index is 1.95. The smallest absolute Gasteiger partial charge is 0.337 e. The summed E-state index contributed by atoms with van der Waals surface area (Å²) in [5.41, 5.74) is 1.35. The first-order chi connectivity index (χ1) is 9.10. The van der Waals surface area contributed by atoms with Crippen LogP contribution in [0.4, 0.5) is 4.39 Å². The Hall–Kier alpha value is -1.62. The quantitative estimate of drug-likeness (QED) is 0.846. The number of carbonyl (C=O) groups excluding carboxylic acids is 1. The highest BCUT2D eigenvalue weighted by molar-refractivity contribution is 5.89. The molecule has 19 heavy (non-hydrogen) atoms. The van der Waals surface area contributed by atoms with Crippen LogP contribution in [0.25, 0.3) is 0 Å². The Morgan fingerprint density at radius 1 is 1.53 bits per heavy atom. The summed E-state index contributed by atoms with van der Waals surface area (Å²) in [6.07, 6.45) is -0.296. The van der Waals surface area contributed by atoms with E-state index in [0.717, 1.165) is 5.56 Å². The van der Waals surface area contributed by atoms with Crippen LogP contribution >= 0.6 is 0 Å². The second-order valence-corrected chi connectivity index (χ2v) is 4.72. The fourth-order valence-electron chi connectivity index (χ4n) is 2.14. The topological polar surface area (TPSA) is 47.6 Å². The average Bonchev–Trinajstić information content (AvgIpc) is 2.82. The lowest BCUT2D eigenvalue weighted by Crippen LogP contribution is -2.28. The van der Waals surface area contributed by atoms with Gasteiger partial charge in [-0.2, -0.15) is 0 Å². The Labute approximate surface area is 111 Å². The van der Waals surface area contributed by atoms with Crippen molar-refractivity contribution in [3.63, 3.8) is 0 Å². The van der Waals surface area contributed by atoms with E-state index in [1.807, 2.05) is 6.92 Å². The first kappa shape index (κ1) is 13.8. The molecule has 0 unspecified atom stereocenters. The average molecular weight is 267 g/mol. The van der Waals surface area contributed by atoms with E-state index < -0.39 is 6.17 Å². The van der Waals surface area contributed by atoms with Gasteiger partial charge in [0.15, 0.2) is 0 Å². The maximum absolute atomic E-state index is 13.0. The van der Waals surface area contributed by atoms with Crippen LogP contribution in [0.15, 0.2) is 18.2 Å². The van der Waals surface area contributed by atoms with Crippen molar-refractivity contribution >= 4 is 5.97 Å². The number of aryl methyl sites for hydroxylation is 1. The molecule has 0 saturated carbocycles. The van der Waals surface area contributed by atoms with Crippen molar-refractivity contribution in [2.75, 3.05) is 20.3 Å². The van der Waals surface area contributed by atoms with Crippen molar-refractivity contribution in [3.8, 4) is 5.75 Å². The molecule has 1 aromatic carbocycles. The lowest BCUT2D eigenvalue weighted by atomic mass is 10.1. The highest BCUT2D eigenvalue weighted by Gasteiger charge is 2.24. The fourth-order valence-corrected chi connectivity index (χ4v) is 2.14. The van der Waals surface area contributed by atoms with Crippen molar-refractivity contribution in [1.29, 1.82) is 0 Å². The summed E-state index contributed by atoms with van der Waals surface area (Å²) < 4.78 is 23.3. The van der Waals surface area contributed by atoms with E-state index in [1.54, 1.807) is 18.2 Å². The second-order valence-electron chi connectivity index (χ2n) is 4.72. The maximum Gasteiger partial charge on any atom is 0.337 e. The molecule has 1 heterocycles. The predicted molar refractivity (Wildman–Crippen MR) is 69.3 cm³/mol. The van der Waals surface area contributed by atoms with E-state index in [2.05, 4.69) is 10.1 Å². The molecule has 0 aromatic heterocycles. The summed E-state index contributed by atoms with van der Waals surface area (Å²) in [4.78, 5) is 11.4. The van der Waals surface area contributed by atoms with Crippen LogP contribution in [-0.2, 0) is 4.74 Å². The first-order valence-electron chi connectivity index (χ1n) is 6.29. The molecular formula is C14H18FNO3. The van der Waals surface area contributed by atoms with Crippen LogP contribution in [0, 0.1) is 6.92 Å². The molecule has 1 aliphatic rings. The van der Waals surface area contributed by atoms with Crippen LogP contribution in [0.1, 0.15) is 22.3 Å². The van der Waals surface area contributed by atoms with Gasteiger partial charge < -0.3 is 14.8 Å². The van der Waals surface area contributed by atoms with E-state index >= 15 is 0 Å². The summed E-state index contributed by atoms with van der Waals surface area (Å²) in [6.45, 7) is 2.69. The third kappa shape index (κ3) is 3.44. The van der Waals surface area contributed by atoms with Gasteiger partial charge in [-0.1, -0.05) is 0 Å². The van der Waals surface area contributed by atoms with Gasteiger partial charge in [0.1, 0.15) is 18.5 Å². The number of nitrogens with one attached hydrogen (secondary N) is 1. The van der Waals surface area contributed by atoms with Gasteiger partial charge in [-0.3, -0.25) is 0 Å². The first-order valence-corrected chi connectivity index (χ1v) is 6.29. The molecular weight excluding hydrogens is 249 g/mol. The number of hydrogen-bond donors (Lipinski definition) is 1. The molecule has 1 saturated heterocycles.